The largest absolute Gasteiger partial charge is 0.463 e. The molecule has 8 nitrogen and oxygen atoms in total. The van der Waals surface area contributed by atoms with Gasteiger partial charge in [0.1, 0.15) is 6.04 Å². The van der Waals surface area contributed by atoms with Gasteiger partial charge in [0.15, 0.2) is 0 Å². The number of carbonyl (C=O) groups is 2. The molecule has 0 saturated carbocycles. The zero-order valence-corrected chi connectivity index (χ0v) is 19.6. The molecule has 1 aliphatic rings. The molecule has 1 amide bonds. The molecule has 2 N–H and O–H groups in total. The first-order chi connectivity index (χ1) is 15.3. The van der Waals surface area contributed by atoms with Gasteiger partial charge in [-0.1, -0.05) is 45.8 Å². The number of carbonyl (C=O) groups excluding carboxylic acids is 2. The van der Waals surface area contributed by atoms with Crippen LogP contribution in [0.15, 0.2) is 58.2 Å². The van der Waals surface area contributed by atoms with Gasteiger partial charge in [0, 0.05) is 15.9 Å². The van der Waals surface area contributed by atoms with Crippen molar-refractivity contribution < 1.29 is 14.3 Å². The van der Waals surface area contributed by atoms with Crippen molar-refractivity contribution in [2.45, 2.75) is 26.8 Å². The van der Waals surface area contributed by atoms with Gasteiger partial charge < -0.3 is 15.4 Å². The fraction of sp³-hybridized carbons (Fsp3) is 0.217. The topological polar surface area (TPSA) is 98.1 Å². The van der Waals surface area contributed by atoms with Gasteiger partial charge in [-0.3, -0.25) is 4.79 Å². The summed E-state index contributed by atoms with van der Waals surface area (Å²) < 4.78 is 7.17. The summed E-state index contributed by atoms with van der Waals surface area (Å²) in [6.45, 7) is 5.76. The van der Waals surface area contributed by atoms with Crippen LogP contribution >= 0.6 is 15.9 Å². The molecule has 2 heterocycles. The molecule has 2 aromatic carbocycles. The maximum atomic E-state index is 13.5. The van der Waals surface area contributed by atoms with E-state index in [4.69, 9.17) is 4.74 Å². The molecule has 164 valence electrons. The molecule has 9 heteroatoms. The summed E-state index contributed by atoms with van der Waals surface area (Å²) in [5, 5.41) is 10.5. The fourth-order valence-corrected chi connectivity index (χ4v) is 4.17. The second kappa shape index (κ2) is 8.58. The highest BCUT2D eigenvalue weighted by Gasteiger charge is 2.35. The number of ether oxygens (including phenoxy) is 1. The smallest absolute Gasteiger partial charge is 0.378 e. The summed E-state index contributed by atoms with van der Waals surface area (Å²) in [6, 6.07) is 12.9. The van der Waals surface area contributed by atoms with Crippen LogP contribution in [0.25, 0.3) is 0 Å². The van der Waals surface area contributed by atoms with E-state index < -0.39 is 12.0 Å². The molecule has 4 rings (SSSR count). The van der Waals surface area contributed by atoms with Crippen molar-refractivity contribution in [2.24, 2.45) is 0 Å². The maximum absolute atomic E-state index is 13.5. The molecule has 0 spiro atoms. The minimum absolute atomic E-state index is 0.0844. The van der Waals surface area contributed by atoms with Crippen molar-refractivity contribution in [1.82, 2.24) is 14.8 Å². The molecule has 1 aliphatic heterocycles. The number of halogens is 1. The molecule has 3 aromatic rings. The maximum Gasteiger partial charge on any atom is 0.378 e. The van der Waals surface area contributed by atoms with Crippen LogP contribution in [0.3, 0.4) is 0 Å². The summed E-state index contributed by atoms with van der Waals surface area (Å²) >= 11 is 3.50. The van der Waals surface area contributed by atoms with Gasteiger partial charge in [0.05, 0.1) is 12.7 Å². The zero-order valence-electron chi connectivity index (χ0n) is 18.1. The number of allylic oxidation sites excluding steroid dienone is 1. The number of esters is 1. The van der Waals surface area contributed by atoms with Crippen LogP contribution < -0.4 is 10.6 Å². The Morgan fingerprint density at radius 3 is 2.62 bits per heavy atom. The molecule has 0 bridgehead atoms. The van der Waals surface area contributed by atoms with Gasteiger partial charge in [-0.15, -0.1) is 5.10 Å². The van der Waals surface area contributed by atoms with Crippen molar-refractivity contribution in [2.75, 3.05) is 17.7 Å². The van der Waals surface area contributed by atoms with Crippen LogP contribution in [0.1, 0.15) is 40.3 Å². The number of benzene rings is 2. The Morgan fingerprint density at radius 1 is 1.16 bits per heavy atom. The average molecular weight is 496 g/mol. The number of hydrogen-bond donors (Lipinski definition) is 2. The molecule has 32 heavy (non-hydrogen) atoms. The summed E-state index contributed by atoms with van der Waals surface area (Å²) in [5.74, 6) is -0.650. The van der Waals surface area contributed by atoms with Gasteiger partial charge in [0.25, 0.3) is 11.7 Å². The third-order valence-corrected chi connectivity index (χ3v) is 5.75. The van der Waals surface area contributed by atoms with Gasteiger partial charge in [0.2, 0.25) is 5.95 Å². The molecular weight excluding hydrogens is 474 g/mol. The second-order valence-electron chi connectivity index (χ2n) is 7.59. The lowest BCUT2D eigenvalue weighted by Crippen LogP contribution is -2.31. The minimum atomic E-state index is -0.652. The van der Waals surface area contributed by atoms with Gasteiger partial charge in [-0.25, -0.2) is 9.48 Å². The lowest BCUT2D eigenvalue weighted by atomic mass is 9.95. The van der Waals surface area contributed by atoms with Crippen LogP contribution in [-0.4, -0.2) is 33.8 Å². The number of nitrogens with zero attached hydrogens (tertiary/aromatic N) is 3. The van der Waals surface area contributed by atoms with E-state index in [0.29, 0.717) is 17.2 Å². The van der Waals surface area contributed by atoms with E-state index in [1.54, 1.807) is 6.92 Å². The molecule has 0 radical (unpaired) electrons. The quantitative estimate of drug-likeness (QED) is 0.521. The highest BCUT2D eigenvalue weighted by Crippen LogP contribution is 2.36. The summed E-state index contributed by atoms with van der Waals surface area (Å²) in [4.78, 5) is 29.8. The Hall–Kier alpha value is -3.46. The lowest BCUT2D eigenvalue weighted by molar-refractivity contribution is -0.113. The average Bonchev–Trinajstić information content (AvgIpc) is 3.17. The molecular formula is C23H22BrN5O3. The fourth-order valence-electron chi connectivity index (χ4n) is 3.75. The second-order valence-corrected chi connectivity index (χ2v) is 8.50. The Labute approximate surface area is 193 Å². The first-order valence-electron chi connectivity index (χ1n) is 9.95. The van der Waals surface area contributed by atoms with E-state index in [1.165, 1.54) is 11.8 Å². The molecule has 1 atom stereocenters. The van der Waals surface area contributed by atoms with E-state index >= 15 is 0 Å². The number of aryl methyl sites for hydroxylation is 2. The van der Waals surface area contributed by atoms with Crippen molar-refractivity contribution in [3.05, 3.63) is 80.7 Å². The first-order valence-corrected chi connectivity index (χ1v) is 10.7. The van der Waals surface area contributed by atoms with Crippen LogP contribution in [0.2, 0.25) is 0 Å². The highest BCUT2D eigenvalue weighted by molar-refractivity contribution is 9.10. The van der Waals surface area contributed by atoms with Crippen molar-refractivity contribution >= 4 is 39.4 Å². The number of amides is 1. The van der Waals surface area contributed by atoms with Crippen LogP contribution in [0.5, 0.6) is 0 Å². The number of rotatable bonds is 4. The monoisotopic (exact) mass is 495 g/mol. The predicted molar refractivity (Wildman–Crippen MR) is 125 cm³/mol. The standard InChI is InChI=1S/C23H22BrN5O3/c1-12-8-9-17(13(2)10-12)26-21(30)18-14(3)25-23-27-20(22(31)32-4)28-29(23)19(18)15-6-5-7-16(24)11-15/h5-11,19H,1-4H3,(H,26,30)(H,25,27,28)/t19-/m1/s1. The Balaban J connectivity index is 1.81. The number of aromatic nitrogens is 3. The van der Waals surface area contributed by atoms with Gasteiger partial charge in [-0.2, -0.15) is 4.98 Å². The van der Waals surface area contributed by atoms with E-state index in [0.717, 1.165) is 26.9 Å². The number of nitrogens with one attached hydrogen (secondary N) is 2. The van der Waals surface area contributed by atoms with Gasteiger partial charge >= 0.3 is 5.97 Å². The Bertz CT molecular complexity index is 1260. The summed E-state index contributed by atoms with van der Waals surface area (Å²) in [6.07, 6.45) is 0. The minimum Gasteiger partial charge on any atom is -0.463 e. The number of fused-ring (bicyclic) bond motifs is 1. The molecule has 0 saturated heterocycles. The van der Waals surface area contributed by atoms with Crippen molar-refractivity contribution in [3.8, 4) is 0 Å². The van der Waals surface area contributed by atoms with Crippen LogP contribution in [0.4, 0.5) is 11.6 Å². The molecule has 0 unspecified atom stereocenters. The number of anilines is 2. The number of hydrogen-bond acceptors (Lipinski definition) is 6. The van der Waals surface area contributed by atoms with Gasteiger partial charge in [-0.05, 0) is 50.1 Å². The third-order valence-electron chi connectivity index (χ3n) is 5.26. The van der Waals surface area contributed by atoms with E-state index in [2.05, 4.69) is 36.6 Å². The SMILES string of the molecule is COC(=O)c1nc2n(n1)[C@H](c1cccc(Br)c1)C(C(=O)Nc1ccc(C)cc1C)=C(C)N2. The molecule has 0 aliphatic carbocycles. The van der Waals surface area contributed by atoms with Crippen molar-refractivity contribution in [3.63, 3.8) is 0 Å². The Kier molecular flexibility index (Phi) is 5.84. The summed E-state index contributed by atoms with van der Waals surface area (Å²) in [7, 11) is 1.27. The van der Waals surface area contributed by atoms with Crippen LogP contribution in [0, 0.1) is 13.8 Å². The highest BCUT2D eigenvalue weighted by atomic mass is 79.9. The van der Waals surface area contributed by atoms with E-state index in [9.17, 15) is 9.59 Å². The predicted octanol–water partition coefficient (Wildman–Crippen LogP) is 4.37. The molecule has 0 fully saturated rings. The molecule has 1 aromatic heterocycles. The van der Waals surface area contributed by atoms with Crippen molar-refractivity contribution in [1.29, 1.82) is 0 Å². The zero-order chi connectivity index (χ0) is 23.0. The first kappa shape index (κ1) is 21.8. The van der Waals surface area contributed by atoms with Crippen LogP contribution in [-0.2, 0) is 9.53 Å². The Morgan fingerprint density at radius 2 is 1.94 bits per heavy atom. The third kappa shape index (κ3) is 4.03. The normalized spacial score (nSPS) is 15.1. The number of methoxy groups -OCH3 is 1. The van der Waals surface area contributed by atoms with E-state index in [1.807, 2.05) is 56.3 Å². The van der Waals surface area contributed by atoms with E-state index in [-0.39, 0.29) is 11.7 Å². The summed E-state index contributed by atoms with van der Waals surface area (Å²) in [5.41, 5.74) is 4.71. The lowest BCUT2D eigenvalue weighted by Gasteiger charge is -2.29.